The smallest absolute Gasteiger partial charge is 0.218 e. The van der Waals surface area contributed by atoms with E-state index in [-0.39, 0.29) is 17.5 Å². The summed E-state index contributed by atoms with van der Waals surface area (Å²) in [5.74, 6) is 1.55. The molecular weight excluding hydrogens is 304 g/mol. The molecule has 1 aromatic rings. The van der Waals surface area contributed by atoms with E-state index in [9.17, 15) is 8.42 Å². The molecule has 0 amide bonds. The summed E-state index contributed by atoms with van der Waals surface area (Å²) < 4.78 is 28.2. The lowest BCUT2D eigenvalue weighted by atomic mass is 10.2. The average Bonchev–Trinajstić information content (AvgIpc) is 2.84. The Balaban J connectivity index is 2.04. The third-order valence-corrected chi connectivity index (χ3v) is 5.14. The second-order valence-corrected chi connectivity index (χ2v) is 7.34. The van der Waals surface area contributed by atoms with E-state index in [2.05, 4.69) is 20.6 Å². The van der Waals surface area contributed by atoms with Crippen molar-refractivity contribution < 1.29 is 13.2 Å². The number of aliphatic imine (C=N–C) groups is 1. The Morgan fingerprint density at radius 2 is 2.36 bits per heavy atom. The number of ether oxygens (including phenoxy) is 1. The molecule has 0 saturated carbocycles. The highest BCUT2D eigenvalue weighted by atomic mass is 32.2. The van der Waals surface area contributed by atoms with Gasteiger partial charge in [-0.1, -0.05) is 6.07 Å². The van der Waals surface area contributed by atoms with E-state index in [0.29, 0.717) is 31.3 Å². The van der Waals surface area contributed by atoms with Gasteiger partial charge in [-0.25, -0.2) is 18.4 Å². The molecule has 1 fully saturated rings. The number of aromatic nitrogens is 1. The summed E-state index contributed by atoms with van der Waals surface area (Å²) in [5, 5.41) is 6.31. The number of pyridine rings is 1. The van der Waals surface area contributed by atoms with E-state index >= 15 is 0 Å². The Kier molecular flexibility index (Phi) is 5.59. The predicted octanol–water partition coefficient (Wildman–Crippen LogP) is 0.332. The minimum Gasteiger partial charge on any atom is -0.481 e. The van der Waals surface area contributed by atoms with Crippen LogP contribution in [0.4, 0.5) is 0 Å². The highest BCUT2D eigenvalue weighted by Crippen LogP contribution is 2.15. The molecule has 0 aromatic carbocycles. The molecule has 0 bridgehead atoms. The minimum atomic E-state index is -2.91. The lowest BCUT2D eigenvalue weighted by molar-refractivity contribution is 0.392. The first-order chi connectivity index (χ1) is 10.5. The van der Waals surface area contributed by atoms with E-state index in [4.69, 9.17) is 4.74 Å². The zero-order chi connectivity index (χ0) is 16.0. The van der Waals surface area contributed by atoms with Gasteiger partial charge in [-0.15, -0.1) is 0 Å². The molecule has 1 aliphatic rings. The maximum Gasteiger partial charge on any atom is 0.218 e. The zero-order valence-corrected chi connectivity index (χ0v) is 13.7. The molecule has 1 aromatic heterocycles. The summed E-state index contributed by atoms with van der Waals surface area (Å²) in [6.07, 6.45) is 2.28. The number of guanidine groups is 1. The van der Waals surface area contributed by atoms with E-state index in [1.807, 2.05) is 19.1 Å². The summed E-state index contributed by atoms with van der Waals surface area (Å²) in [4.78, 5) is 8.61. The number of nitrogens with one attached hydrogen (secondary N) is 2. The van der Waals surface area contributed by atoms with Crippen LogP contribution >= 0.6 is 0 Å². The third-order valence-electron chi connectivity index (χ3n) is 3.37. The van der Waals surface area contributed by atoms with Gasteiger partial charge in [0.1, 0.15) is 0 Å². The van der Waals surface area contributed by atoms with Gasteiger partial charge < -0.3 is 15.4 Å². The highest BCUT2D eigenvalue weighted by molar-refractivity contribution is 7.91. The maximum absolute atomic E-state index is 11.5. The molecule has 2 rings (SSSR count). The zero-order valence-electron chi connectivity index (χ0n) is 12.9. The van der Waals surface area contributed by atoms with Crippen molar-refractivity contribution in [2.45, 2.75) is 25.9 Å². The van der Waals surface area contributed by atoms with Crippen LogP contribution in [0.15, 0.2) is 23.3 Å². The summed E-state index contributed by atoms with van der Waals surface area (Å²) in [6.45, 7) is 3.08. The second kappa shape index (κ2) is 7.44. The lowest BCUT2D eigenvalue weighted by Gasteiger charge is -2.16. The topological polar surface area (TPSA) is 92.7 Å². The van der Waals surface area contributed by atoms with Crippen molar-refractivity contribution in [3.8, 4) is 5.88 Å². The molecule has 1 aliphatic heterocycles. The van der Waals surface area contributed by atoms with Crippen LogP contribution in [0.5, 0.6) is 5.88 Å². The minimum absolute atomic E-state index is 0.0846. The number of nitrogens with zero attached hydrogens (tertiary/aromatic N) is 2. The molecule has 0 radical (unpaired) electrons. The Morgan fingerprint density at radius 3 is 3.00 bits per heavy atom. The quantitative estimate of drug-likeness (QED) is 0.598. The van der Waals surface area contributed by atoms with E-state index in [1.54, 1.807) is 13.3 Å². The SMILES string of the molecule is CCNC(=NCc1cccnc1OC)NC1CCS(=O)(=O)C1. The standard InChI is InChI=1S/C14H22N4O3S/c1-3-15-14(18-12-6-8-22(19,20)10-12)17-9-11-5-4-7-16-13(11)21-2/h4-5,7,12H,3,6,8-10H2,1-2H3,(H2,15,17,18). The van der Waals surface area contributed by atoms with Crippen molar-refractivity contribution in [2.24, 2.45) is 4.99 Å². The molecule has 1 unspecified atom stereocenters. The fourth-order valence-electron chi connectivity index (χ4n) is 2.31. The van der Waals surface area contributed by atoms with Crippen LogP contribution in [0.3, 0.4) is 0 Å². The summed E-state index contributed by atoms with van der Waals surface area (Å²) >= 11 is 0. The van der Waals surface area contributed by atoms with Crippen LogP contribution < -0.4 is 15.4 Å². The molecule has 2 heterocycles. The maximum atomic E-state index is 11.5. The predicted molar refractivity (Wildman–Crippen MR) is 85.8 cm³/mol. The van der Waals surface area contributed by atoms with E-state index in [1.165, 1.54) is 0 Å². The van der Waals surface area contributed by atoms with Crippen molar-refractivity contribution >= 4 is 15.8 Å². The van der Waals surface area contributed by atoms with Crippen LogP contribution in [0, 0.1) is 0 Å². The third kappa shape index (κ3) is 4.59. The van der Waals surface area contributed by atoms with Crippen LogP contribution in [-0.4, -0.2) is 50.6 Å². The van der Waals surface area contributed by atoms with Gasteiger partial charge in [-0.3, -0.25) is 0 Å². The monoisotopic (exact) mass is 326 g/mol. The molecule has 0 aliphatic carbocycles. The van der Waals surface area contributed by atoms with Crippen molar-refractivity contribution in [1.82, 2.24) is 15.6 Å². The normalized spacial score (nSPS) is 20.6. The number of rotatable bonds is 5. The van der Waals surface area contributed by atoms with Gasteiger partial charge in [0.25, 0.3) is 0 Å². The van der Waals surface area contributed by atoms with Gasteiger partial charge in [0.2, 0.25) is 5.88 Å². The Morgan fingerprint density at radius 1 is 1.55 bits per heavy atom. The van der Waals surface area contributed by atoms with Crippen molar-refractivity contribution in [2.75, 3.05) is 25.2 Å². The Labute approximate surface area is 131 Å². The van der Waals surface area contributed by atoms with E-state index < -0.39 is 9.84 Å². The number of sulfone groups is 1. The van der Waals surface area contributed by atoms with Crippen LogP contribution in [-0.2, 0) is 16.4 Å². The van der Waals surface area contributed by atoms with Gasteiger partial charge in [0.05, 0.1) is 25.2 Å². The average molecular weight is 326 g/mol. The molecule has 8 heteroatoms. The van der Waals surface area contributed by atoms with Gasteiger partial charge in [0.15, 0.2) is 15.8 Å². The number of hydrogen-bond acceptors (Lipinski definition) is 5. The summed E-state index contributed by atoms with van der Waals surface area (Å²) in [6, 6.07) is 3.65. The van der Waals surface area contributed by atoms with Crippen molar-refractivity contribution in [3.05, 3.63) is 23.9 Å². The molecule has 2 N–H and O–H groups in total. The lowest BCUT2D eigenvalue weighted by Crippen LogP contribution is -2.44. The first-order valence-corrected chi connectivity index (χ1v) is 9.09. The van der Waals surface area contributed by atoms with Crippen LogP contribution in [0.2, 0.25) is 0 Å². The van der Waals surface area contributed by atoms with Gasteiger partial charge >= 0.3 is 0 Å². The van der Waals surface area contributed by atoms with Crippen molar-refractivity contribution in [3.63, 3.8) is 0 Å². The second-order valence-electron chi connectivity index (χ2n) is 5.11. The van der Waals surface area contributed by atoms with Crippen LogP contribution in [0.25, 0.3) is 0 Å². The Hall–Kier alpha value is -1.83. The fraction of sp³-hybridized carbons (Fsp3) is 0.571. The first kappa shape index (κ1) is 16.5. The molecule has 7 nitrogen and oxygen atoms in total. The molecule has 122 valence electrons. The largest absolute Gasteiger partial charge is 0.481 e. The fourth-order valence-corrected chi connectivity index (χ4v) is 3.99. The molecular formula is C14H22N4O3S. The van der Waals surface area contributed by atoms with Gasteiger partial charge in [-0.05, 0) is 19.4 Å². The summed E-state index contributed by atoms with van der Waals surface area (Å²) in [5.41, 5.74) is 0.876. The van der Waals surface area contributed by atoms with Gasteiger partial charge in [-0.2, -0.15) is 0 Å². The molecule has 0 spiro atoms. The number of methoxy groups -OCH3 is 1. The van der Waals surface area contributed by atoms with E-state index in [0.717, 1.165) is 5.56 Å². The summed E-state index contributed by atoms with van der Waals surface area (Å²) in [7, 11) is -1.34. The molecule has 1 saturated heterocycles. The molecule has 22 heavy (non-hydrogen) atoms. The molecule has 1 atom stereocenters. The van der Waals surface area contributed by atoms with Crippen LogP contribution in [0.1, 0.15) is 18.9 Å². The highest BCUT2D eigenvalue weighted by Gasteiger charge is 2.28. The first-order valence-electron chi connectivity index (χ1n) is 7.27. The number of hydrogen-bond donors (Lipinski definition) is 2. The Bertz CT molecular complexity index is 631. The van der Waals surface area contributed by atoms with Gasteiger partial charge in [0, 0.05) is 24.3 Å². The van der Waals surface area contributed by atoms with Crippen molar-refractivity contribution in [1.29, 1.82) is 0 Å².